The number of non-ortho nitro benzene ring substituents is 1. The minimum Gasteiger partial charge on any atom is -0.488 e. The Morgan fingerprint density at radius 1 is 1.09 bits per heavy atom. The number of nitro benzene ring substituents is 1. The zero-order valence-electron chi connectivity index (χ0n) is 17.7. The number of aryl methyl sites for hydroxylation is 2. The van der Waals surface area contributed by atoms with Gasteiger partial charge in [0.15, 0.2) is 6.61 Å². The lowest BCUT2D eigenvalue weighted by Gasteiger charge is -2.10. The third-order valence-corrected chi connectivity index (χ3v) is 4.76. The fourth-order valence-corrected chi connectivity index (χ4v) is 3.01. The Morgan fingerprint density at radius 2 is 1.91 bits per heavy atom. The molecule has 0 bridgehead atoms. The summed E-state index contributed by atoms with van der Waals surface area (Å²) in [5.41, 5.74) is 2.02. The smallest absolute Gasteiger partial charge is 0.342 e. The van der Waals surface area contributed by atoms with Crippen molar-refractivity contribution in [1.29, 1.82) is 0 Å². The van der Waals surface area contributed by atoms with E-state index in [1.54, 1.807) is 37.3 Å². The van der Waals surface area contributed by atoms with E-state index in [9.17, 15) is 14.9 Å². The van der Waals surface area contributed by atoms with Crippen molar-refractivity contribution in [3.8, 4) is 17.2 Å². The van der Waals surface area contributed by atoms with Crippen LogP contribution in [0, 0.1) is 24.0 Å². The first kappa shape index (κ1) is 21.7. The van der Waals surface area contributed by atoms with Gasteiger partial charge in [-0.1, -0.05) is 23.4 Å². The monoisotopic (exact) mass is 450 g/mol. The van der Waals surface area contributed by atoms with Gasteiger partial charge < -0.3 is 18.4 Å². The van der Waals surface area contributed by atoms with Crippen LogP contribution < -0.4 is 4.74 Å². The summed E-state index contributed by atoms with van der Waals surface area (Å²) in [4.78, 5) is 23.1. The molecule has 2 aromatic carbocycles. The maximum atomic E-state index is 12.6. The molecule has 0 aliphatic carbocycles. The molecule has 33 heavy (non-hydrogen) atoms. The average Bonchev–Trinajstić information content (AvgIpc) is 3.43. The Hall–Kier alpha value is -4.54. The molecule has 0 unspecified atom stereocenters. The van der Waals surface area contributed by atoms with Gasteiger partial charge in [-0.25, -0.2) is 4.79 Å². The normalized spacial score (nSPS) is 10.7. The number of hydrogen-bond acceptors (Lipinski definition) is 10. The van der Waals surface area contributed by atoms with Crippen molar-refractivity contribution in [2.45, 2.75) is 27.1 Å². The minimum absolute atomic E-state index is 0.0407. The van der Waals surface area contributed by atoms with Crippen LogP contribution in [0.15, 0.2) is 57.5 Å². The highest BCUT2D eigenvalue weighted by atomic mass is 16.6. The third kappa shape index (κ3) is 4.87. The van der Waals surface area contributed by atoms with Crippen molar-refractivity contribution in [1.82, 2.24) is 15.4 Å². The van der Waals surface area contributed by atoms with E-state index in [2.05, 4.69) is 15.4 Å². The second-order valence-electron chi connectivity index (χ2n) is 6.97. The van der Waals surface area contributed by atoms with Gasteiger partial charge in [-0.2, -0.15) is 0 Å². The molecule has 0 saturated heterocycles. The predicted octanol–water partition coefficient (Wildman–Crippen LogP) is 4.19. The van der Waals surface area contributed by atoms with Crippen LogP contribution in [0.1, 0.15) is 33.3 Å². The molecule has 11 nitrogen and oxygen atoms in total. The van der Waals surface area contributed by atoms with Gasteiger partial charge in [-0.05, 0) is 32.0 Å². The van der Waals surface area contributed by atoms with E-state index < -0.39 is 10.9 Å². The topological polar surface area (TPSA) is 144 Å². The number of carbonyl (C=O) groups is 1. The number of esters is 1. The molecule has 4 rings (SSSR count). The molecule has 0 aliphatic rings. The van der Waals surface area contributed by atoms with Gasteiger partial charge in [0.1, 0.15) is 23.7 Å². The van der Waals surface area contributed by atoms with E-state index >= 15 is 0 Å². The van der Waals surface area contributed by atoms with Crippen LogP contribution >= 0.6 is 0 Å². The largest absolute Gasteiger partial charge is 0.488 e. The quantitative estimate of drug-likeness (QED) is 0.218. The molecule has 0 fully saturated rings. The van der Waals surface area contributed by atoms with E-state index in [1.165, 1.54) is 18.2 Å². The number of carbonyl (C=O) groups excluding carboxylic acids is 1. The number of nitro groups is 1. The number of ether oxygens (including phenoxy) is 2. The molecule has 0 atom stereocenters. The summed E-state index contributed by atoms with van der Waals surface area (Å²) in [6, 6.07) is 12.4. The minimum atomic E-state index is -0.639. The summed E-state index contributed by atoms with van der Waals surface area (Å²) in [6.07, 6.45) is 0. The highest BCUT2D eigenvalue weighted by Crippen LogP contribution is 2.24. The first-order chi connectivity index (χ1) is 15.9. The molecule has 2 aromatic heterocycles. The molecule has 0 radical (unpaired) electrons. The van der Waals surface area contributed by atoms with Crippen molar-refractivity contribution in [3.05, 3.63) is 87.1 Å². The molecular weight excluding hydrogens is 432 g/mol. The molecule has 0 N–H and O–H groups in total. The number of aromatic nitrogens is 3. The van der Waals surface area contributed by atoms with Gasteiger partial charge in [0.05, 0.1) is 16.2 Å². The predicted molar refractivity (Wildman–Crippen MR) is 112 cm³/mol. The SMILES string of the molecule is Cc1noc(C)c1COc1ccccc1C(=O)OCc1nnc(-c2cccc([N+](=O)[O-])c2)o1. The number of benzene rings is 2. The van der Waals surface area contributed by atoms with Gasteiger partial charge in [-0.15, -0.1) is 10.2 Å². The summed E-state index contributed by atoms with van der Waals surface area (Å²) in [7, 11) is 0. The van der Waals surface area contributed by atoms with Crippen molar-refractivity contribution in [2.24, 2.45) is 0 Å². The van der Waals surface area contributed by atoms with Gasteiger partial charge in [0.2, 0.25) is 5.89 Å². The van der Waals surface area contributed by atoms with Crippen LogP contribution in [-0.2, 0) is 18.0 Å². The lowest BCUT2D eigenvalue weighted by molar-refractivity contribution is -0.384. The van der Waals surface area contributed by atoms with E-state index in [0.29, 0.717) is 22.8 Å². The maximum Gasteiger partial charge on any atom is 0.342 e. The zero-order chi connectivity index (χ0) is 23.4. The molecule has 0 amide bonds. The summed E-state index contributed by atoms with van der Waals surface area (Å²) >= 11 is 0. The Morgan fingerprint density at radius 3 is 2.67 bits per heavy atom. The van der Waals surface area contributed by atoms with Gasteiger partial charge in [0, 0.05) is 17.7 Å². The molecule has 0 saturated carbocycles. The van der Waals surface area contributed by atoms with Crippen LogP contribution in [0.25, 0.3) is 11.5 Å². The highest BCUT2D eigenvalue weighted by molar-refractivity contribution is 5.92. The number of hydrogen-bond donors (Lipinski definition) is 0. The summed E-state index contributed by atoms with van der Waals surface area (Å²) in [5, 5.41) is 22.5. The van der Waals surface area contributed by atoms with Crippen LogP contribution in [0.5, 0.6) is 5.75 Å². The lowest BCUT2D eigenvalue weighted by Crippen LogP contribution is -2.08. The van der Waals surface area contributed by atoms with Crippen molar-refractivity contribution < 1.29 is 28.1 Å². The van der Waals surface area contributed by atoms with Crippen LogP contribution in [0.3, 0.4) is 0 Å². The third-order valence-electron chi connectivity index (χ3n) is 4.76. The Labute approximate surface area is 187 Å². The number of para-hydroxylation sites is 1. The lowest BCUT2D eigenvalue weighted by atomic mass is 10.2. The first-order valence-electron chi connectivity index (χ1n) is 9.80. The van der Waals surface area contributed by atoms with E-state index in [-0.39, 0.29) is 36.2 Å². The Bertz CT molecular complexity index is 1290. The molecule has 4 aromatic rings. The molecular formula is C22H18N4O7. The number of rotatable bonds is 8. The Kier molecular flexibility index (Phi) is 6.11. The average molecular weight is 450 g/mol. The van der Waals surface area contributed by atoms with Gasteiger partial charge in [-0.3, -0.25) is 10.1 Å². The van der Waals surface area contributed by atoms with E-state index in [0.717, 1.165) is 5.56 Å². The highest BCUT2D eigenvalue weighted by Gasteiger charge is 2.18. The zero-order valence-corrected chi connectivity index (χ0v) is 17.7. The summed E-state index contributed by atoms with van der Waals surface area (Å²) in [6.45, 7) is 3.49. The molecule has 2 heterocycles. The molecule has 0 spiro atoms. The molecule has 0 aliphatic heterocycles. The van der Waals surface area contributed by atoms with E-state index in [4.69, 9.17) is 18.4 Å². The standard InChI is InChI=1S/C22H18N4O7/c1-13-18(14(2)33-25-13)11-30-19-9-4-3-8-17(19)22(27)31-12-20-23-24-21(32-20)15-6-5-7-16(10-15)26(28)29/h3-10H,11-12H2,1-2H3. The van der Waals surface area contributed by atoms with Crippen LogP contribution in [-0.4, -0.2) is 26.2 Å². The van der Waals surface area contributed by atoms with Crippen molar-refractivity contribution in [3.63, 3.8) is 0 Å². The second kappa shape index (κ2) is 9.30. The molecule has 168 valence electrons. The summed E-state index contributed by atoms with van der Waals surface area (Å²) in [5.74, 6) is 0.459. The van der Waals surface area contributed by atoms with Gasteiger partial charge in [0.25, 0.3) is 11.6 Å². The fraction of sp³-hybridized carbons (Fsp3) is 0.182. The first-order valence-corrected chi connectivity index (χ1v) is 9.80. The number of nitrogens with zero attached hydrogens (tertiary/aromatic N) is 4. The summed E-state index contributed by atoms with van der Waals surface area (Å²) < 4.78 is 21.7. The second-order valence-corrected chi connectivity index (χ2v) is 6.97. The van der Waals surface area contributed by atoms with Crippen LogP contribution in [0.2, 0.25) is 0 Å². The van der Waals surface area contributed by atoms with E-state index in [1.807, 2.05) is 6.92 Å². The molecule has 11 heteroatoms. The Balaban J connectivity index is 1.42. The maximum absolute atomic E-state index is 12.6. The van der Waals surface area contributed by atoms with Crippen LogP contribution in [0.4, 0.5) is 5.69 Å². The van der Waals surface area contributed by atoms with Crippen molar-refractivity contribution in [2.75, 3.05) is 0 Å². The van der Waals surface area contributed by atoms with Gasteiger partial charge >= 0.3 is 5.97 Å². The fourth-order valence-electron chi connectivity index (χ4n) is 3.01. The van der Waals surface area contributed by atoms with Crippen molar-refractivity contribution >= 4 is 11.7 Å².